The Bertz CT molecular complexity index is 891. The molecule has 1 saturated carbocycles. The van der Waals surface area contributed by atoms with E-state index in [1.165, 1.54) is 5.56 Å². The number of nitrogens with zero attached hydrogens (tertiary/aromatic N) is 4. The molecule has 2 aliphatic rings. The van der Waals surface area contributed by atoms with Gasteiger partial charge in [-0.3, -0.25) is 9.45 Å². The Morgan fingerprint density at radius 2 is 1.94 bits per heavy atom. The molecule has 1 atom stereocenters. The van der Waals surface area contributed by atoms with Crippen molar-refractivity contribution in [3.05, 3.63) is 47.3 Å². The zero-order valence-corrected chi connectivity index (χ0v) is 18.2. The van der Waals surface area contributed by atoms with Gasteiger partial charge in [-0.2, -0.15) is 0 Å². The summed E-state index contributed by atoms with van der Waals surface area (Å²) in [6.07, 6.45) is 4.74. The third-order valence-corrected chi connectivity index (χ3v) is 6.81. The molecule has 2 N–H and O–H groups in total. The smallest absolute Gasteiger partial charge is 0.248 e. The number of hydrogen-bond donors (Lipinski definition) is 2. The van der Waals surface area contributed by atoms with Gasteiger partial charge in [0, 0.05) is 25.9 Å². The van der Waals surface area contributed by atoms with Gasteiger partial charge >= 0.3 is 0 Å². The Kier molecular flexibility index (Phi) is 7.10. The number of halogens is 2. The highest BCUT2D eigenvalue weighted by molar-refractivity contribution is 7.77. The fraction of sp³-hybridized carbons (Fsp3) is 0.619. The Balaban J connectivity index is 1.27. The van der Waals surface area contributed by atoms with Crippen LogP contribution in [0.1, 0.15) is 67.3 Å². The fourth-order valence-corrected chi connectivity index (χ4v) is 4.90. The lowest BCUT2D eigenvalue weighted by molar-refractivity contribution is -0.0451. The second-order valence-corrected chi connectivity index (χ2v) is 9.43. The van der Waals surface area contributed by atoms with E-state index in [0.717, 1.165) is 43.7 Å². The van der Waals surface area contributed by atoms with Crippen LogP contribution in [0.4, 0.5) is 8.78 Å². The summed E-state index contributed by atoms with van der Waals surface area (Å²) >= 11 is -2.01. The van der Waals surface area contributed by atoms with Crippen LogP contribution in [0.25, 0.3) is 0 Å². The van der Waals surface area contributed by atoms with Crippen LogP contribution in [-0.4, -0.2) is 47.7 Å². The summed E-state index contributed by atoms with van der Waals surface area (Å²) in [6, 6.07) is 8.21. The molecule has 170 valence electrons. The van der Waals surface area contributed by atoms with E-state index in [-0.39, 0.29) is 18.9 Å². The molecule has 1 aromatic heterocycles. The number of hydrogen-bond acceptors (Lipinski definition) is 4. The Morgan fingerprint density at radius 1 is 1.19 bits per heavy atom. The zero-order chi connectivity index (χ0) is 21.8. The molecular formula is C21H29F2N5O2S. The molecule has 1 saturated heterocycles. The summed E-state index contributed by atoms with van der Waals surface area (Å²) in [5.74, 6) is -2.06. The second-order valence-electron chi connectivity index (χ2n) is 8.64. The first-order chi connectivity index (χ1) is 14.9. The van der Waals surface area contributed by atoms with Crippen LogP contribution >= 0.6 is 0 Å². The maximum Gasteiger partial charge on any atom is 0.248 e. The van der Waals surface area contributed by atoms with Gasteiger partial charge in [0.15, 0.2) is 0 Å². The van der Waals surface area contributed by atoms with Crippen molar-refractivity contribution in [2.45, 2.75) is 69.5 Å². The number of benzene rings is 1. The molecule has 0 spiro atoms. The highest BCUT2D eigenvalue weighted by atomic mass is 32.2. The van der Waals surface area contributed by atoms with Crippen LogP contribution in [0.2, 0.25) is 0 Å². The van der Waals surface area contributed by atoms with Gasteiger partial charge in [-0.1, -0.05) is 29.5 Å². The number of alkyl halides is 2. The van der Waals surface area contributed by atoms with E-state index in [9.17, 15) is 13.0 Å². The average molecular weight is 454 g/mol. The largest absolute Gasteiger partial charge is 0.297 e. The van der Waals surface area contributed by atoms with Crippen molar-refractivity contribution in [1.82, 2.24) is 24.6 Å². The topological polar surface area (TPSA) is 83.3 Å². The lowest BCUT2D eigenvalue weighted by Crippen LogP contribution is -2.32. The molecule has 1 unspecified atom stereocenters. The first kappa shape index (κ1) is 22.4. The molecule has 0 bridgehead atoms. The predicted octanol–water partition coefficient (Wildman–Crippen LogP) is 3.63. The van der Waals surface area contributed by atoms with E-state index in [1.54, 1.807) is 4.68 Å². The van der Waals surface area contributed by atoms with Crippen LogP contribution < -0.4 is 4.72 Å². The number of piperidine rings is 1. The summed E-state index contributed by atoms with van der Waals surface area (Å²) < 4.78 is 50.8. The molecule has 31 heavy (non-hydrogen) atoms. The van der Waals surface area contributed by atoms with Gasteiger partial charge in [-0.25, -0.2) is 22.4 Å². The first-order valence-corrected chi connectivity index (χ1v) is 11.9. The third kappa shape index (κ3) is 6.15. The van der Waals surface area contributed by atoms with Crippen molar-refractivity contribution in [2.24, 2.45) is 0 Å². The minimum absolute atomic E-state index is 0.0247. The molecule has 1 aromatic carbocycles. The first-order valence-electron chi connectivity index (χ1n) is 10.8. The van der Waals surface area contributed by atoms with E-state index in [2.05, 4.69) is 32.1 Å². The lowest BCUT2D eigenvalue weighted by Gasteiger charge is -2.31. The van der Waals surface area contributed by atoms with E-state index in [4.69, 9.17) is 4.55 Å². The van der Waals surface area contributed by atoms with Gasteiger partial charge < -0.3 is 0 Å². The number of rotatable bonds is 7. The summed E-state index contributed by atoms with van der Waals surface area (Å²) in [4.78, 5) is 2.36. The standard InChI is InChI=1S/C21H29F2N5O2S/c22-21(23)8-4-20(5-9-21)28-15-19(25-26-28)14-27-10-6-17(7-11-27)18-3-1-2-16(12-18)13-24-31(29)30/h1-3,12,15,17,20,24H,4-11,13-14H2,(H,29,30). The minimum Gasteiger partial charge on any atom is -0.297 e. The third-order valence-electron chi connectivity index (χ3n) is 6.41. The SMILES string of the molecule is O=S(O)NCc1cccc(C2CCN(Cc3cn(C4CCC(F)(F)CC4)nn3)CC2)c1. The van der Waals surface area contributed by atoms with Crippen LogP contribution in [0.5, 0.6) is 0 Å². The number of likely N-dealkylation sites (tertiary alicyclic amines) is 1. The van der Waals surface area contributed by atoms with Gasteiger partial charge in [-0.05, 0) is 55.8 Å². The van der Waals surface area contributed by atoms with Crippen LogP contribution in [0, 0.1) is 0 Å². The Labute approximate surface area is 183 Å². The molecule has 2 fully saturated rings. The van der Waals surface area contributed by atoms with Crippen molar-refractivity contribution < 1.29 is 17.5 Å². The van der Waals surface area contributed by atoms with Crippen molar-refractivity contribution in [2.75, 3.05) is 13.1 Å². The maximum atomic E-state index is 13.4. The molecule has 7 nitrogen and oxygen atoms in total. The van der Waals surface area contributed by atoms with Gasteiger partial charge in [0.1, 0.15) is 0 Å². The van der Waals surface area contributed by atoms with Crippen molar-refractivity contribution in [3.63, 3.8) is 0 Å². The number of nitrogens with one attached hydrogen (secondary N) is 1. The van der Waals surface area contributed by atoms with Crippen molar-refractivity contribution in [1.29, 1.82) is 0 Å². The Morgan fingerprint density at radius 3 is 2.65 bits per heavy atom. The minimum atomic E-state index is -2.53. The Hall–Kier alpha value is -1.75. The van der Waals surface area contributed by atoms with Gasteiger partial charge in [-0.15, -0.1) is 5.10 Å². The molecular weight excluding hydrogens is 424 g/mol. The van der Waals surface area contributed by atoms with Gasteiger partial charge in [0.25, 0.3) is 0 Å². The van der Waals surface area contributed by atoms with Gasteiger partial charge in [0.2, 0.25) is 17.2 Å². The molecule has 0 radical (unpaired) electrons. The van der Waals surface area contributed by atoms with E-state index in [1.807, 2.05) is 18.3 Å². The molecule has 0 amide bonds. The normalized spacial score (nSPS) is 21.9. The van der Waals surface area contributed by atoms with Crippen LogP contribution in [0.3, 0.4) is 0 Å². The zero-order valence-electron chi connectivity index (χ0n) is 17.4. The second kappa shape index (κ2) is 9.81. The summed E-state index contributed by atoms with van der Waals surface area (Å²) in [6.45, 7) is 3.00. The van der Waals surface area contributed by atoms with E-state index >= 15 is 0 Å². The quantitative estimate of drug-likeness (QED) is 0.626. The maximum absolute atomic E-state index is 13.4. The average Bonchev–Trinajstić information content (AvgIpc) is 3.21. The fourth-order valence-electron chi connectivity index (χ4n) is 4.61. The molecule has 4 rings (SSSR count). The lowest BCUT2D eigenvalue weighted by atomic mass is 9.88. The highest BCUT2D eigenvalue weighted by Crippen LogP contribution is 2.38. The monoisotopic (exact) mass is 453 g/mol. The van der Waals surface area contributed by atoms with E-state index < -0.39 is 17.2 Å². The molecule has 10 heteroatoms. The van der Waals surface area contributed by atoms with Gasteiger partial charge in [0.05, 0.1) is 17.9 Å². The predicted molar refractivity (Wildman–Crippen MR) is 114 cm³/mol. The molecule has 2 heterocycles. The van der Waals surface area contributed by atoms with Crippen molar-refractivity contribution >= 4 is 11.3 Å². The summed E-state index contributed by atoms with van der Waals surface area (Å²) in [5, 5.41) is 8.48. The van der Waals surface area contributed by atoms with E-state index in [0.29, 0.717) is 25.3 Å². The summed E-state index contributed by atoms with van der Waals surface area (Å²) in [5.41, 5.74) is 3.16. The molecule has 1 aliphatic carbocycles. The van der Waals surface area contributed by atoms with Crippen LogP contribution in [0.15, 0.2) is 30.5 Å². The molecule has 2 aromatic rings. The molecule has 1 aliphatic heterocycles. The van der Waals surface area contributed by atoms with Crippen molar-refractivity contribution in [3.8, 4) is 0 Å². The highest BCUT2D eigenvalue weighted by Gasteiger charge is 2.36. The number of aromatic nitrogens is 3. The van der Waals surface area contributed by atoms with Crippen LogP contribution in [-0.2, 0) is 24.4 Å². The summed E-state index contributed by atoms with van der Waals surface area (Å²) in [7, 11) is 0.